The van der Waals surface area contributed by atoms with Crippen LogP contribution in [0.2, 0.25) is 0 Å². The van der Waals surface area contributed by atoms with Crippen LogP contribution in [0.25, 0.3) is 0 Å². The highest BCUT2D eigenvalue weighted by Gasteiger charge is 2.14. The zero-order valence-corrected chi connectivity index (χ0v) is 8.47. The molecular weight excluding hydrogens is 164 g/mol. The Morgan fingerprint density at radius 2 is 2.23 bits per heavy atom. The number of hydrogen-bond donors (Lipinski definition) is 1. The van der Waals surface area contributed by atoms with Gasteiger partial charge in [-0.05, 0) is 12.8 Å². The molecule has 0 radical (unpaired) electrons. The number of rotatable bonds is 6. The second kappa shape index (κ2) is 7.60. The Balaban J connectivity index is 3.79. The van der Waals surface area contributed by atoms with Gasteiger partial charge >= 0.3 is 0 Å². The van der Waals surface area contributed by atoms with E-state index in [0.29, 0.717) is 0 Å². The third-order valence-corrected chi connectivity index (χ3v) is 2.11. The topological polar surface area (TPSA) is 52.9 Å². The summed E-state index contributed by atoms with van der Waals surface area (Å²) in [6, 6.07) is 1.90. The molecule has 0 fully saturated rings. The molecule has 1 atom stereocenters. The Labute approximate surface area is 80.1 Å². The summed E-state index contributed by atoms with van der Waals surface area (Å²) >= 11 is 0. The molecule has 0 saturated heterocycles. The lowest BCUT2D eigenvalue weighted by atomic mass is 9.98. The molecule has 1 amide bonds. The molecule has 1 unspecified atom stereocenters. The number of amides is 1. The van der Waals surface area contributed by atoms with E-state index in [0.717, 1.165) is 25.7 Å². The monoisotopic (exact) mass is 182 g/mol. The Hall–Kier alpha value is -1.04. The predicted molar refractivity (Wildman–Crippen MR) is 51.9 cm³/mol. The molecule has 0 aromatic carbocycles. The average Bonchev–Trinajstić information content (AvgIpc) is 2.16. The van der Waals surface area contributed by atoms with Crippen LogP contribution in [0.4, 0.5) is 0 Å². The van der Waals surface area contributed by atoms with Crippen LogP contribution in [0.1, 0.15) is 39.5 Å². The van der Waals surface area contributed by atoms with Gasteiger partial charge in [-0.15, -0.1) is 0 Å². The van der Waals surface area contributed by atoms with Crippen LogP contribution < -0.4 is 5.32 Å². The maximum absolute atomic E-state index is 11.4. The smallest absolute Gasteiger partial charge is 0.223 e. The maximum Gasteiger partial charge on any atom is 0.223 e. The Bertz CT molecular complexity index is 184. The molecule has 3 nitrogen and oxygen atoms in total. The molecule has 0 aromatic rings. The van der Waals surface area contributed by atoms with E-state index in [1.165, 1.54) is 0 Å². The van der Waals surface area contributed by atoms with Crippen molar-refractivity contribution in [1.29, 1.82) is 5.26 Å². The second-order valence-electron chi connectivity index (χ2n) is 3.12. The van der Waals surface area contributed by atoms with Crippen LogP contribution in [0.15, 0.2) is 0 Å². The summed E-state index contributed by atoms with van der Waals surface area (Å²) in [6.07, 6.45) is 3.99. The van der Waals surface area contributed by atoms with Crippen LogP contribution in [0.3, 0.4) is 0 Å². The van der Waals surface area contributed by atoms with E-state index in [1.54, 1.807) is 0 Å². The van der Waals surface area contributed by atoms with Crippen molar-refractivity contribution in [3.8, 4) is 6.07 Å². The number of carbonyl (C=O) groups excluding carboxylic acids is 1. The van der Waals surface area contributed by atoms with Crippen molar-refractivity contribution < 1.29 is 4.79 Å². The first-order valence-corrected chi connectivity index (χ1v) is 4.90. The average molecular weight is 182 g/mol. The molecule has 0 spiro atoms. The number of nitriles is 1. The molecule has 0 saturated carbocycles. The zero-order valence-electron chi connectivity index (χ0n) is 8.47. The van der Waals surface area contributed by atoms with Crippen molar-refractivity contribution in [3.63, 3.8) is 0 Å². The van der Waals surface area contributed by atoms with E-state index in [1.807, 2.05) is 13.0 Å². The van der Waals surface area contributed by atoms with Crippen molar-refractivity contribution >= 4 is 5.91 Å². The summed E-state index contributed by atoms with van der Waals surface area (Å²) in [5.74, 6) is 0.116. The first kappa shape index (κ1) is 12.0. The lowest BCUT2D eigenvalue weighted by Crippen LogP contribution is -2.30. The van der Waals surface area contributed by atoms with Gasteiger partial charge in [0.15, 0.2) is 0 Å². The van der Waals surface area contributed by atoms with Crippen molar-refractivity contribution in [2.75, 3.05) is 6.54 Å². The molecule has 0 aliphatic heterocycles. The van der Waals surface area contributed by atoms with Crippen molar-refractivity contribution in [2.45, 2.75) is 39.5 Å². The Morgan fingerprint density at radius 3 is 2.69 bits per heavy atom. The molecule has 0 aromatic heterocycles. The summed E-state index contributed by atoms with van der Waals surface area (Å²) in [4.78, 5) is 11.4. The minimum atomic E-state index is 0.0255. The van der Waals surface area contributed by atoms with Gasteiger partial charge < -0.3 is 5.32 Å². The molecule has 0 rings (SSSR count). The first-order chi connectivity index (χ1) is 6.26. The summed E-state index contributed by atoms with van der Waals surface area (Å²) in [5, 5.41) is 10.9. The van der Waals surface area contributed by atoms with E-state index >= 15 is 0 Å². The van der Waals surface area contributed by atoms with E-state index in [9.17, 15) is 4.79 Å². The fraction of sp³-hybridized carbons (Fsp3) is 0.800. The third kappa shape index (κ3) is 5.24. The lowest BCUT2D eigenvalue weighted by molar-refractivity contribution is -0.125. The summed E-state index contributed by atoms with van der Waals surface area (Å²) in [6.45, 7) is 4.24. The summed E-state index contributed by atoms with van der Waals surface area (Å²) in [7, 11) is 0. The van der Waals surface area contributed by atoms with Crippen molar-refractivity contribution in [1.82, 2.24) is 5.32 Å². The molecule has 0 heterocycles. The number of nitrogens with one attached hydrogen (secondary N) is 1. The molecular formula is C10H18N2O. The van der Waals surface area contributed by atoms with Crippen LogP contribution in [-0.4, -0.2) is 12.5 Å². The number of hydrogen-bond acceptors (Lipinski definition) is 2. The van der Waals surface area contributed by atoms with Gasteiger partial charge in [-0.3, -0.25) is 4.79 Å². The standard InChI is InChI=1S/C10H18N2O/c1-3-5-6-9(4-2)10(13)12-8-7-11/h9H,3-6,8H2,1-2H3,(H,12,13). The Morgan fingerprint density at radius 1 is 1.54 bits per heavy atom. The maximum atomic E-state index is 11.4. The van der Waals surface area contributed by atoms with Crippen molar-refractivity contribution in [3.05, 3.63) is 0 Å². The number of nitrogens with zero attached hydrogens (tertiary/aromatic N) is 1. The molecule has 3 heteroatoms. The van der Waals surface area contributed by atoms with Gasteiger partial charge in [0.1, 0.15) is 6.54 Å². The molecule has 74 valence electrons. The van der Waals surface area contributed by atoms with E-state index in [2.05, 4.69) is 12.2 Å². The summed E-state index contributed by atoms with van der Waals surface area (Å²) < 4.78 is 0. The van der Waals surface area contributed by atoms with Gasteiger partial charge in [0.2, 0.25) is 5.91 Å². The van der Waals surface area contributed by atoms with Gasteiger partial charge in [0.05, 0.1) is 6.07 Å². The molecule has 0 bridgehead atoms. The zero-order chi connectivity index (χ0) is 10.1. The molecule has 1 N–H and O–H groups in total. The van der Waals surface area contributed by atoms with Gasteiger partial charge in [-0.1, -0.05) is 26.7 Å². The normalized spacial score (nSPS) is 11.8. The van der Waals surface area contributed by atoms with E-state index in [-0.39, 0.29) is 18.4 Å². The van der Waals surface area contributed by atoms with Gasteiger partial charge in [0, 0.05) is 5.92 Å². The quantitative estimate of drug-likeness (QED) is 0.637. The highest BCUT2D eigenvalue weighted by molar-refractivity contribution is 5.78. The fourth-order valence-corrected chi connectivity index (χ4v) is 1.24. The van der Waals surface area contributed by atoms with Gasteiger partial charge in [-0.25, -0.2) is 0 Å². The van der Waals surface area contributed by atoms with Crippen molar-refractivity contribution in [2.24, 2.45) is 5.92 Å². The second-order valence-corrected chi connectivity index (χ2v) is 3.12. The largest absolute Gasteiger partial charge is 0.343 e. The number of carbonyl (C=O) groups is 1. The SMILES string of the molecule is CCCCC(CC)C(=O)NCC#N. The third-order valence-electron chi connectivity index (χ3n) is 2.11. The highest BCUT2D eigenvalue weighted by Crippen LogP contribution is 2.12. The highest BCUT2D eigenvalue weighted by atomic mass is 16.1. The van der Waals surface area contributed by atoms with Gasteiger partial charge in [-0.2, -0.15) is 5.26 Å². The van der Waals surface area contributed by atoms with Gasteiger partial charge in [0.25, 0.3) is 0 Å². The van der Waals surface area contributed by atoms with E-state index in [4.69, 9.17) is 5.26 Å². The van der Waals surface area contributed by atoms with E-state index < -0.39 is 0 Å². The number of unbranched alkanes of at least 4 members (excludes halogenated alkanes) is 1. The predicted octanol–water partition coefficient (Wildman–Crippen LogP) is 1.84. The van der Waals surface area contributed by atoms with Crippen LogP contribution in [-0.2, 0) is 4.79 Å². The fourth-order valence-electron chi connectivity index (χ4n) is 1.24. The van der Waals surface area contributed by atoms with Crippen LogP contribution in [0, 0.1) is 17.2 Å². The Kier molecular flexibility index (Phi) is 6.99. The molecule has 0 aliphatic carbocycles. The van der Waals surface area contributed by atoms with Crippen LogP contribution in [0.5, 0.6) is 0 Å². The minimum absolute atomic E-state index is 0.0255. The first-order valence-electron chi connectivity index (χ1n) is 4.90. The minimum Gasteiger partial charge on any atom is -0.343 e. The molecule has 0 aliphatic rings. The van der Waals surface area contributed by atoms with Crippen LogP contribution >= 0.6 is 0 Å². The lowest BCUT2D eigenvalue weighted by Gasteiger charge is -2.12. The molecule has 13 heavy (non-hydrogen) atoms. The summed E-state index contributed by atoms with van der Waals surface area (Å²) in [5.41, 5.74) is 0.